The van der Waals surface area contributed by atoms with Crippen LogP contribution in [0.3, 0.4) is 0 Å². The van der Waals surface area contributed by atoms with Crippen molar-refractivity contribution in [1.82, 2.24) is 25.4 Å². The third-order valence-corrected chi connectivity index (χ3v) is 5.53. The minimum Gasteiger partial charge on any atom is -0.350 e. The lowest BCUT2D eigenvalue weighted by Crippen LogP contribution is -2.23. The van der Waals surface area contributed by atoms with Crippen LogP contribution in [0.25, 0.3) is 0 Å². The number of hydrogen-bond acceptors (Lipinski definition) is 6. The van der Waals surface area contributed by atoms with E-state index < -0.39 is 0 Å². The second kappa shape index (κ2) is 10.2. The standard InChI is InChI=1S/C16H23N5OS2.ClH/c1-23-11-16-19-13(10-24-16)8-18-15(22)4-3-12-7-14-9-17-5-2-6-21(14)20-12;/h7,10,17H,2-6,8-9,11H2,1H3,(H,18,22);1H. The highest BCUT2D eigenvalue weighted by molar-refractivity contribution is 7.97. The van der Waals surface area contributed by atoms with E-state index in [1.807, 2.05) is 5.38 Å². The number of carbonyl (C=O) groups excluding carboxylic acids is 1. The smallest absolute Gasteiger partial charge is 0.220 e. The van der Waals surface area contributed by atoms with E-state index in [9.17, 15) is 4.79 Å². The molecule has 0 aromatic carbocycles. The Morgan fingerprint density at radius 3 is 3.20 bits per heavy atom. The fourth-order valence-electron chi connectivity index (χ4n) is 2.68. The molecule has 6 nitrogen and oxygen atoms in total. The van der Waals surface area contributed by atoms with Crippen molar-refractivity contribution in [2.45, 2.75) is 44.6 Å². The maximum atomic E-state index is 12.0. The third kappa shape index (κ3) is 5.99. The molecule has 0 spiro atoms. The van der Waals surface area contributed by atoms with Gasteiger partial charge >= 0.3 is 0 Å². The molecule has 9 heteroatoms. The lowest BCUT2D eigenvalue weighted by molar-refractivity contribution is -0.121. The molecule has 0 bridgehead atoms. The molecule has 1 amide bonds. The Morgan fingerprint density at radius 1 is 1.48 bits per heavy atom. The molecule has 1 aliphatic heterocycles. The van der Waals surface area contributed by atoms with Crippen LogP contribution in [0.5, 0.6) is 0 Å². The minimum atomic E-state index is 0. The number of thiazole rings is 1. The van der Waals surface area contributed by atoms with Crippen LogP contribution >= 0.6 is 35.5 Å². The van der Waals surface area contributed by atoms with Gasteiger partial charge in [-0.15, -0.1) is 23.7 Å². The van der Waals surface area contributed by atoms with Crippen LogP contribution in [0, 0.1) is 0 Å². The maximum absolute atomic E-state index is 12.0. The number of aryl methyl sites for hydroxylation is 2. The number of aromatic nitrogens is 3. The predicted octanol–water partition coefficient (Wildman–Crippen LogP) is 2.37. The number of rotatable bonds is 7. The van der Waals surface area contributed by atoms with Gasteiger partial charge < -0.3 is 10.6 Å². The number of nitrogens with zero attached hydrogens (tertiary/aromatic N) is 3. The zero-order chi connectivity index (χ0) is 16.8. The van der Waals surface area contributed by atoms with Gasteiger partial charge in [-0.25, -0.2) is 4.98 Å². The van der Waals surface area contributed by atoms with Crippen molar-refractivity contribution in [3.05, 3.63) is 33.5 Å². The van der Waals surface area contributed by atoms with Crippen LogP contribution in [0.4, 0.5) is 0 Å². The summed E-state index contributed by atoms with van der Waals surface area (Å²) in [4.78, 5) is 16.5. The number of amides is 1. The first kappa shape index (κ1) is 20.2. The van der Waals surface area contributed by atoms with E-state index in [1.165, 1.54) is 5.69 Å². The first-order chi connectivity index (χ1) is 11.7. The van der Waals surface area contributed by atoms with Crippen molar-refractivity contribution in [2.75, 3.05) is 12.8 Å². The summed E-state index contributed by atoms with van der Waals surface area (Å²) in [6.07, 6.45) is 4.31. The molecule has 0 unspecified atom stereocenters. The van der Waals surface area contributed by atoms with Gasteiger partial charge in [0.1, 0.15) is 5.01 Å². The molecule has 0 atom stereocenters. The van der Waals surface area contributed by atoms with Crippen LogP contribution in [0.2, 0.25) is 0 Å². The Bertz CT molecular complexity index is 664. The summed E-state index contributed by atoms with van der Waals surface area (Å²) >= 11 is 3.41. The quantitative estimate of drug-likeness (QED) is 0.745. The van der Waals surface area contributed by atoms with Crippen LogP contribution in [-0.4, -0.2) is 33.5 Å². The molecule has 3 rings (SSSR count). The highest BCUT2D eigenvalue weighted by Crippen LogP contribution is 2.15. The Morgan fingerprint density at radius 2 is 2.36 bits per heavy atom. The average molecular weight is 402 g/mol. The second-order valence-corrected chi connectivity index (χ2v) is 7.63. The molecular formula is C16H24ClN5OS2. The summed E-state index contributed by atoms with van der Waals surface area (Å²) in [6, 6.07) is 2.11. The molecule has 0 aliphatic carbocycles. The van der Waals surface area contributed by atoms with Crippen molar-refractivity contribution in [1.29, 1.82) is 0 Å². The molecular weight excluding hydrogens is 378 g/mol. The third-order valence-electron chi connectivity index (χ3n) is 3.89. The summed E-state index contributed by atoms with van der Waals surface area (Å²) < 4.78 is 2.07. The van der Waals surface area contributed by atoms with E-state index in [1.54, 1.807) is 23.1 Å². The van der Waals surface area contributed by atoms with Crippen LogP contribution in [0.1, 0.15) is 34.9 Å². The highest BCUT2D eigenvalue weighted by atomic mass is 35.5. The monoisotopic (exact) mass is 401 g/mol. The number of nitrogens with one attached hydrogen (secondary N) is 2. The number of carbonyl (C=O) groups is 1. The Labute approximate surface area is 162 Å². The fourth-order valence-corrected chi connectivity index (χ4v) is 4.20. The largest absolute Gasteiger partial charge is 0.350 e. The Kier molecular flexibility index (Phi) is 8.21. The normalized spacial score (nSPS) is 13.6. The molecule has 138 valence electrons. The SMILES string of the molecule is CSCc1nc(CNC(=O)CCc2cc3n(n2)CCCNC3)cs1.Cl. The van der Waals surface area contributed by atoms with Gasteiger partial charge in [-0.2, -0.15) is 16.9 Å². The summed E-state index contributed by atoms with van der Waals surface area (Å²) in [6.45, 7) is 3.36. The molecule has 0 saturated heterocycles. The van der Waals surface area contributed by atoms with E-state index in [0.717, 1.165) is 48.2 Å². The van der Waals surface area contributed by atoms with Crippen molar-refractivity contribution < 1.29 is 4.79 Å². The second-order valence-electron chi connectivity index (χ2n) is 5.82. The van der Waals surface area contributed by atoms with Gasteiger partial charge in [0, 0.05) is 37.1 Å². The average Bonchev–Trinajstić information content (AvgIpc) is 3.13. The van der Waals surface area contributed by atoms with Gasteiger partial charge in [-0.1, -0.05) is 0 Å². The van der Waals surface area contributed by atoms with E-state index in [-0.39, 0.29) is 18.3 Å². The lowest BCUT2D eigenvalue weighted by Gasteiger charge is -2.02. The Hall–Kier alpha value is -1.09. The van der Waals surface area contributed by atoms with Crippen molar-refractivity contribution in [2.24, 2.45) is 0 Å². The number of thioether (sulfide) groups is 1. The van der Waals surface area contributed by atoms with Crippen LogP contribution < -0.4 is 10.6 Å². The molecule has 0 saturated carbocycles. The molecule has 2 aromatic heterocycles. The molecule has 0 fully saturated rings. The fraction of sp³-hybridized carbons (Fsp3) is 0.562. The van der Waals surface area contributed by atoms with Crippen molar-refractivity contribution >= 4 is 41.4 Å². The van der Waals surface area contributed by atoms with Gasteiger partial charge in [-0.05, 0) is 25.3 Å². The van der Waals surface area contributed by atoms with E-state index in [2.05, 4.69) is 37.7 Å². The first-order valence-electron chi connectivity index (χ1n) is 8.20. The minimum absolute atomic E-state index is 0. The lowest BCUT2D eigenvalue weighted by atomic mass is 10.2. The summed E-state index contributed by atoms with van der Waals surface area (Å²) in [5.74, 6) is 0.981. The molecule has 0 radical (unpaired) electrons. The van der Waals surface area contributed by atoms with E-state index in [0.29, 0.717) is 19.4 Å². The Balaban J connectivity index is 0.00000225. The number of hydrogen-bond donors (Lipinski definition) is 2. The maximum Gasteiger partial charge on any atom is 0.220 e. The molecule has 25 heavy (non-hydrogen) atoms. The number of fused-ring (bicyclic) bond motifs is 1. The van der Waals surface area contributed by atoms with Gasteiger partial charge in [0.05, 0.1) is 23.6 Å². The zero-order valence-corrected chi connectivity index (χ0v) is 16.7. The van der Waals surface area contributed by atoms with Crippen LogP contribution in [0.15, 0.2) is 11.4 Å². The summed E-state index contributed by atoms with van der Waals surface area (Å²) in [7, 11) is 0. The van der Waals surface area contributed by atoms with E-state index >= 15 is 0 Å². The molecule has 1 aliphatic rings. The summed E-state index contributed by atoms with van der Waals surface area (Å²) in [5, 5.41) is 14.1. The van der Waals surface area contributed by atoms with Gasteiger partial charge in [-0.3, -0.25) is 9.48 Å². The van der Waals surface area contributed by atoms with Crippen molar-refractivity contribution in [3.8, 4) is 0 Å². The van der Waals surface area contributed by atoms with Gasteiger partial charge in [0.2, 0.25) is 5.91 Å². The first-order valence-corrected chi connectivity index (χ1v) is 10.5. The van der Waals surface area contributed by atoms with Gasteiger partial charge in [0.25, 0.3) is 0 Å². The van der Waals surface area contributed by atoms with E-state index in [4.69, 9.17) is 0 Å². The molecule has 2 aromatic rings. The molecule has 3 heterocycles. The van der Waals surface area contributed by atoms with Crippen LogP contribution in [-0.2, 0) is 36.6 Å². The zero-order valence-electron chi connectivity index (χ0n) is 14.3. The number of halogens is 1. The summed E-state index contributed by atoms with van der Waals surface area (Å²) in [5.41, 5.74) is 3.16. The topological polar surface area (TPSA) is 71.8 Å². The molecule has 2 N–H and O–H groups in total. The van der Waals surface area contributed by atoms with Crippen molar-refractivity contribution in [3.63, 3.8) is 0 Å². The predicted molar refractivity (Wildman–Crippen MR) is 105 cm³/mol. The highest BCUT2D eigenvalue weighted by Gasteiger charge is 2.12. The van der Waals surface area contributed by atoms with Gasteiger partial charge in [0.15, 0.2) is 0 Å².